The first-order chi connectivity index (χ1) is 14.8. The number of sulfone groups is 1. The first-order valence-electron chi connectivity index (χ1n) is 10.9. The Balaban J connectivity index is 1.51. The third kappa shape index (κ3) is 5.10. The van der Waals surface area contributed by atoms with Gasteiger partial charge >= 0.3 is 0 Å². The molecule has 1 saturated heterocycles. The van der Waals surface area contributed by atoms with Crippen molar-refractivity contribution in [3.05, 3.63) is 59.9 Å². The zero-order valence-electron chi connectivity index (χ0n) is 18.1. The minimum atomic E-state index is -2.94. The van der Waals surface area contributed by atoms with E-state index < -0.39 is 15.9 Å². The Kier molecular flexibility index (Phi) is 6.34. The maximum absolute atomic E-state index is 11.9. The van der Waals surface area contributed by atoms with E-state index in [4.69, 9.17) is 9.72 Å². The highest BCUT2D eigenvalue weighted by atomic mass is 32.2. The molecule has 1 N–H and O–H groups in total. The van der Waals surface area contributed by atoms with Crippen molar-refractivity contribution in [2.45, 2.75) is 45.3 Å². The van der Waals surface area contributed by atoms with Crippen LogP contribution in [0.25, 0.3) is 11.0 Å². The summed E-state index contributed by atoms with van der Waals surface area (Å²) in [4.78, 5) is 4.75. The Morgan fingerprint density at radius 2 is 1.90 bits per heavy atom. The van der Waals surface area contributed by atoms with E-state index >= 15 is 0 Å². The summed E-state index contributed by atoms with van der Waals surface area (Å²) in [6.45, 7) is 4.75. The zero-order valence-corrected chi connectivity index (χ0v) is 18.9. The van der Waals surface area contributed by atoms with E-state index in [1.165, 1.54) is 0 Å². The van der Waals surface area contributed by atoms with Crippen LogP contribution in [0.1, 0.15) is 37.6 Å². The third-order valence-corrected chi connectivity index (χ3v) is 7.73. The fourth-order valence-electron chi connectivity index (χ4n) is 4.31. The molecule has 6 nitrogen and oxygen atoms in total. The molecule has 1 fully saturated rings. The number of rotatable bonds is 8. The summed E-state index contributed by atoms with van der Waals surface area (Å²) in [5.41, 5.74) is 2.92. The van der Waals surface area contributed by atoms with Gasteiger partial charge in [-0.3, -0.25) is 0 Å². The van der Waals surface area contributed by atoms with Crippen molar-refractivity contribution < 1.29 is 18.3 Å². The van der Waals surface area contributed by atoms with E-state index in [9.17, 15) is 13.5 Å². The van der Waals surface area contributed by atoms with Gasteiger partial charge in [-0.05, 0) is 42.0 Å². The number of benzene rings is 2. The highest BCUT2D eigenvalue weighted by molar-refractivity contribution is 7.91. The van der Waals surface area contributed by atoms with Crippen molar-refractivity contribution in [2.75, 3.05) is 18.1 Å². The predicted molar refractivity (Wildman–Crippen MR) is 122 cm³/mol. The topological polar surface area (TPSA) is 81.4 Å². The molecule has 7 heteroatoms. The van der Waals surface area contributed by atoms with Crippen LogP contribution in [0.3, 0.4) is 0 Å². The molecule has 3 aromatic rings. The fourth-order valence-corrected chi connectivity index (χ4v) is 6.18. The summed E-state index contributed by atoms with van der Waals surface area (Å²) < 4.78 is 31.7. The molecule has 0 spiro atoms. The Labute approximate surface area is 183 Å². The molecule has 0 saturated carbocycles. The van der Waals surface area contributed by atoms with E-state index in [2.05, 4.69) is 13.8 Å². The standard InChI is InChI=1S/C24H30N2O4S/c1-17(2)20-7-3-6-10-23(20)30-15-19(27)14-26-22-9-5-4-8-21(22)25-24(26)13-18-11-12-31(28,29)16-18/h3-10,17-19,27H,11-16H2,1-2H3. The maximum atomic E-state index is 11.9. The first-order valence-corrected chi connectivity index (χ1v) is 12.7. The molecule has 1 aromatic heterocycles. The molecule has 0 bridgehead atoms. The lowest BCUT2D eigenvalue weighted by atomic mass is 10.0. The molecule has 2 unspecified atom stereocenters. The van der Waals surface area contributed by atoms with Crippen LogP contribution < -0.4 is 4.74 Å². The molecule has 0 radical (unpaired) electrons. The lowest BCUT2D eigenvalue weighted by molar-refractivity contribution is 0.0920. The second kappa shape index (κ2) is 9.01. The molecule has 4 rings (SSSR count). The molecule has 2 atom stereocenters. The lowest BCUT2D eigenvalue weighted by Crippen LogP contribution is -2.25. The van der Waals surface area contributed by atoms with Gasteiger partial charge in [0, 0.05) is 6.42 Å². The van der Waals surface area contributed by atoms with Gasteiger partial charge < -0.3 is 14.4 Å². The van der Waals surface area contributed by atoms with Crippen LogP contribution in [-0.2, 0) is 22.8 Å². The van der Waals surface area contributed by atoms with Gasteiger partial charge in [-0.25, -0.2) is 13.4 Å². The Bertz CT molecular complexity index is 1150. The van der Waals surface area contributed by atoms with Crippen molar-refractivity contribution in [1.29, 1.82) is 0 Å². The predicted octanol–water partition coefficient (Wildman–Crippen LogP) is 3.58. The van der Waals surface area contributed by atoms with Crippen LogP contribution in [0.15, 0.2) is 48.5 Å². The number of aliphatic hydroxyl groups is 1. The van der Waals surface area contributed by atoms with Gasteiger partial charge in [-0.15, -0.1) is 0 Å². The maximum Gasteiger partial charge on any atom is 0.150 e. The molecule has 1 aliphatic rings. The van der Waals surface area contributed by atoms with Crippen molar-refractivity contribution in [2.24, 2.45) is 5.92 Å². The molecular weight excluding hydrogens is 412 g/mol. The SMILES string of the molecule is CC(C)c1ccccc1OCC(O)Cn1c(CC2CCS(=O)(=O)C2)nc2ccccc21. The number of hydrogen-bond donors (Lipinski definition) is 1. The summed E-state index contributed by atoms with van der Waals surface area (Å²) in [5.74, 6) is 2.50. The van der Waals surface area contributed by atoms with Gasteiger partial charge in [-0.2, -0.15) is 0 Å². The van der Waals surface area contributed by atoms with Crippen molar-refractivity contribution in [3.63, 3.8) is 0 Å². The van der Waals surface area contributed by atoms with Crippen LogP contribution in [0.5, 0.6) is 5.75 Å². The van der Waals surface area contributed by atoms with E-state index in [1.54, 1.807) is 0 Å². The van der Waals surface area contributed by atoms with Gasteiger partial charge in [0.05, 0.1) is 29.1 Å². The Morgan fingerprint density at radius 3 is 2.65 bits per heavy atom. The highest BCUT2D eigenvalue weighted by Crippen LogP contribution is 2.27. The summed E-state index contributed by atoms with van der Waals surface area (Å²) in [6.07, 6.45) is 0.546. The number of aromatic nitrogens is 2. The highest BCUT2D eigenvalue weighted by Gasteiger charge is 2.29. The van der Waals surface area contributed by atoms with E-state index in [-0.39, 0.29) is 24.0 Å². The van der Waals surface area contributed by atoms with Crippen molar-refractivity contribution in [3.8, 4) is 5.75 Å². The number of hydrogen-bond acceptors (Lipinski definition) is 5. The van der Waals surface area contributed by atoms with Crippen LogP contribution in [0.4, 0.5) is 0 Å². The Morgan fingerprint density at radius 1 is 1.16 bits per heavy atom. The van der Waals surface area contributed by atoms with Crippen LogP contribution >= 0.6 is 0 Å². The number of aliphatic hydroxyl groups excluding tert-OH is 1. The fraction of sp³-hybridized carbons (Fsp3) is 0.458. The molecule has 1 aliphatic heterocycles. The number of imidazole rings is 1. The largest absolute Gasteiger partial charge is 0.491 e. The van der Waals surface area contributed by atoms with Gasteiger partial charge in [0.25, 0.3) is 0 Å². The van der Waals surface area contributed by atoms with Crippen molar-refractivity contribution >= 4 is 20.9 Å². The summed E-state index contributed by atoms with van der Waals surface area (Å²) >= 11 is 0. The summed E-state index contributed by atoms with van der Waals surface area (Å²) in [7, 11) is -2.94. The zero-order chi connectivity index (χ0) is 22.0. The van der Waals surface area contributed by atoms with Gasteiger partial charge in [-0.1, -0.05) is 44.2 Å². The smallest absolute Gasteiger partial charge is 0.150 e. The molecule has 0 aliphatic carbocycles. The van der Waals surface area contributed by atoms with Crippen LogP contribution in [-0.4, -0.2) is 47.3 Å². The average Bonchev–Trinajstić information content (AvgIpc) is 3.26. The second-order valence-corrected chi connectivity index (χ2v) is 11.0. The monoisotopic (exact) mass is 442 g/mol. The molecule has 166 valence electrons. The molecular formula is C24H30N2O4S. The number of fused-ring (bicyclic) bond motifs is 1. The second-order valence-electron chi connectivity index (χ2n) is 8.76. The lowest BCUT2D eigenvalue weighted by Gasteiger charge is -2.18. The molecule has 0 amide bonds. The third-order valence-electron chi connectivity index (χ3n) is 5.90. The minimum absolute atomic E-state index is 0.0758. The minimum Gasteiger partial charge on any atom is -0.491 e. The summed E-state index contributed by atoms with van der Waals surface area (Å²) in [5, 5.41) is 10.8. The van der Waals surface area contributed by atoms with E-state index in [0.717, 1.165) is 28.2 Å². The van der Waals surface area contributed by atoms with Gasteiger partial charge in [0.1, 0.15) is 24.3 Å². The van der Waals surface area contributed by atoms with Crippen LogP contribution in [0, 0.1) is 5.92 Å². The first kappa shape index (κ1) is 21.8. The van der Waals surface area contributed by atoms with Gasteiger partial charge in [0.15, 0.2) is 9.84 Å². The van der Waals surface area contributed by atoms with Crippen molar-refractivity contribution in [1.82, 2.24) is 9.55 Å². The number of nitrogens with zero attached hydrogens (tertiary/aromatic N) is 2. The summed E-state index contributed by atoms with van der Waals surface area (Å²) in [6, 6.07) is 15.7. The molecule has 31 heavy (non-hydrogen) atoms. The van der Waals surface area contributed by atoms with Crippen LogP contribution in [0.2, 0.25) is 0 Å². The quantitative estimate of drug-likeness (QED) is 0.577. The van der Waals surface area contributed by atoms with E-state index in [1.807, 2.05) is 53.1 Å². The Hall–Kier alpha value is -2.38. The normalized spacial score (nSPS) is 19.2. The van der Waals surface area contributed by atoms with Gasteiger partial charge in [0.2, 0.25) is 0 Å². The number of ether oxygens (including phenoxy) is 1. The number of para-hydroxylation sites is 3. The molecule has 2 aromatic carbocycles. The molecule has 2 heterocycles. The van der Waals surface area contributed by atoms with E-state index in [0.29, 0.717) is 25.3 Å². The average molecular weight is 443 g/mol.